The molecule has 0 fully saturated rings. The highest BCUT2D eigenvalue weighted by molar-refractivity contribution is 6.32. The summed E-state index contributed by atoms with van der Waals surface area (Å²) in [6, 6.07) is 11.3. The number of hydrogen-bond donors (Lipinski definition) is 0. The maximum atomic E-state index is 11.8. The Kier molecular flexibility index (Phi) is 4.53. The maximum absolute atomic E-state index is 11.8. The molecule has 0 saturated heterocycles. The minimum absolute atomic E-state index is 0.118. The second-order valence-corrected chi connectivity index (χ2v) is 5.57. The van der Waals surface area contributed by atoms with Gasteiger partial charge in [-0.05, 0) is 36.3 Å². The molecule has 3 rings (SSSR count). The van der Waals surface area contributed by atoms with Crippen molar-refractivity contribution in [3.8, 4) is 11.5 Å². The van der Waals surface area contributed by atoms with Crippen molar-refractivity contribution >= 4 is 23.6 Å². The lowest BCUT2D eigenvalue weighted by atomic mass is 10.1. The van der Waals surface area contributed by atoms with Crippen molar-refractivity contribution in [2.75, 3.05) is 6.79 Å². The zero-order chi connectivity index (χ0) is 16.2. The summed E-state index contributed by atoms with van der Waals surface area (Å²) >= 11 is 6.08. The van der Waals surface area contributed by atoms with Crippen LogP contribution in [0.5, 0.6) is 11.5 Å². The lowest BCUT2D eigenvalue weighted by Crippen LogP contribution is -2.00. The van der Waals surface area contributed by atoms with E-state index in [4.69, 9.17) is 25.8 Å². The van der Waals surface area contributed by atoms with Gasteiger partial charge >= 0.3 is 5.97 Å². The van der Waals surface area contributed by atoms with Crippen LogP contribution in [-0.2, 0) is 16.1 Å². The predicted octanol–water partition coefficient (Wildman–Crippen LogP) is 4.13. The monoisotopic (exact) mass is 330 g/mol. The molecule has 2 aromatic rings. The molecule has 4 nitrogen and oxygen atoms in total. The molecule has 0 saturated carbocycles. The van der Waals surface area contributed by atoms with Crippen LogP contribution in [0.1, 0.15) is 16.7 Å². The van der Waals surface area contributed by atoms with Gasteiger partial charge < -0.3 is 14.2 Å². The number of aryl methyl sites for hydroxylation is 1. The summed E-state index contributed by atoms with van der Waals surface area (Å²) in [7, 11) is 0. The largest absolute Gasteiger partial charge is 0.458 e. The number of carbonyl (C=O) groups excluding carboxylic acids is 1. The number of carbonyl (C=O) groups is 1. The fourth-order valence-electron chi connectivity index (χ4n) is 2.15. The van der Waals surface area contributed by atoms with Gasteiger partial charge in [-0.15, -0.1) is 0 Å². The molecule has 0 spiro atoms. The van der Waals surface area contributed by atoms with E-state index in [0.717, 1.165) is 11.1 Å². The van der Waals surface area contributed by atoms with Crippen LogP contribution >= 0.6 is 11.6 Å². The van der Waals surface area contributed by atoms with E-state index in [1.165, 1.54) is 11.6 Å². The van der Waals surface area contributed by atoms with Gasteiger partial charge in [-0.3, -0.25) is 0 Å². The fraction of sp³-hybridized carbons (Fsp3) is 0.167. The van der Waals surface area contributed by atoms with E-state index in [1.807, 2.05) is 31.2 Å². The summed E-state index contributed by atoms with van der Waals surface area (Å²) in [6.07, 6.45) is 3.12. The highest BCUT2D eigenvalue weighted by Gasteiger charge is 2.18. The molecule has 0 amide bonds. The van der Waals surface area contributed by atoms with Crippen LogP contribution in [0.4, 0.5) is 0 Å². The zero-order valence-electron chi connectivity index (χ0n) is 12.5. The number of ether oxygens (including phenoxy) is 3. The second kappa shape index (κ2) is 6.75. The van der Waals surface area contributed by atoms with Gasteiger partial charge in [-0.25, -0.2) is 4.79 Å². The second-order valence-electron chi connectivity index (χ2n) is 5.16. The average molecular weight is 331 g/mol. The first kappa shape index (κ1) is 15.4. The van der Waals surface area contributed by atoms with Crippen LogP contribution in [-0.4, -0.2) is 12.8 Å². The third kappa shape index (κ3) is 3.85. The van der Waals surface area contributed by atoms with Crippen molar-refractivity contribution in [1.82, 2.24) is 0 Å². The van der Waals surface area contributed by atoms with Crippen molar-refractivity contribution in [2.24, 2.45) is 0 Å². The Balaban J connectivity index is 1.59. The number of rotatable bonds is 4. The SMILES string of the molecule is Cc1ccc(/C=C/C(=O)OCc2cc(Cl)c3c(c2)OCO3)cc1. The van der Waals surface area contributed by atoms with Crippen molar-refractivity contribution in [1.29, 1.82) is 0 Å². The molecule has 1 aliphatic heterocycles. The highest BCUT2D eigenvalue weighted by Crippen LogP contribution is 2.39. The first-order valence-electron chi connectivity index (χ1n) is 7.11. The molecule has 0 radical (unpaired) electrons. The van der Waals surface area contributed by atoms with Crippen molar-refractivity contribution in [3.05, 3.63) is 64.2 Å². The number of hydrogen-bond acceptors (Lipinski definition) is 4. The van der Waals surface area contributed by atoms with Gasteiger partial charge in [0.25, 0.3) is 0 Å². The van der Waals surface area contributed by atoms with Gasteiger partial charge in [0.05, 0.1) is 5.02 Å². The van der Waals surface area contributed by atoms with E-state index in [-0.39, 0.29) is 13.4 Å². The van der Waals surface area contributed by atoms with Crippen LogP contribution in [0.2, 0.25) is 5.02 Å². The number of halogens is 1. The predicted molar refractivity (Wildman–Crippen MR) is 87.6 cm³/mol. The lowest BCUT2D eigenvalue weighted by molar-refractivity contribution is -0.138. The molecule has 2 aromatic carbocycles. The van der Waals surface area contributed by atoms with E-state index in [9.17, 15) is 4.79 Å². The number of esters is 1. The average Bonchev–Trinajstić information content (AvgIpc) is 3.01. The summed E-state index contributed by atoms with van der Waals surface area (Å²) in [6.45, 7) is 2.28. The third-order valence-electron chi connectivity index (χ3n) is 3.36. The first-order chi connectivity index (χ1) is 11.1. The van der Waals surface area contributed by atoms with Crippen molar-refractivity contribution in [2.45, 2.75) is 13.5 Å². The van der Waals surface area contributed by atoms with Crippen LogP contribution < -0.4 is 9.47 Å². The molecule has 0 N–H and O–H groups in total. The van der Waals surface area contributed by atoms with Crippen LogP contribution in [0.25, 0.3) is 6.08 Å². The smallest absolute Gasteiger partial charge is 0.331 e. The Morgan fingerprint density at radius 1 is 1.26 bits per heavy atom. The normalized spacial score (nSPS) is 12.6. The molecular formula is C18H15ClO4. The minimum atomic E-state index is -0.417. The molecule has 0 aromatic heterocycles. The van der Waals surface area contributed by atoms with Crippen LogP contribution in [0.15, 0.2) is 42.5 Å². The van der Waals surface area contributed by atoms with E-state index < -0.39 is 5.97 Å². The summed E-state index contributed by atoms with van der Waals surface area (Å²) < 4.78 is 15.7. The Hall–Kier alpha value is -2.46. The van der Waals surface area contributed by atoms with Crippen LogP contribution in [0, 0.1) is 6.92 Å². The minimum Gasteiger partial charge on any atom is -0.458 e. The first-order valence-corrected chi connectivity index (χ1v) is 7.49. The Morgan fingerprint density at radius 2 is 2.04 bits per heavy atom. The summed E-state index contributed by atoms with van der Waals surface area (Å²) in [4.78, 5) is 11.8. The zero-order valence-corrected chi connectivity index (χ0v) is 13.3. The number of fused-ring (bicyclic) bond motifs is 1. The molecule has 118 valence electrons. The molecule has 5 heteroatoms. The van der Waals surface area contributed by atoms with Crippen LogP contribution in [0.3, 0.4) is 0 Å². The third-order valence-corrected chi connectivity index (χ3v) is 3.64. The van der Waals surface area contributed by atoms with Gasteiger partial charge in [0.15, 0.2) is 11.5 Å². The van der Waals surface area contributed by atoms with Gasteiger partial charge in [0.2, 0.25) is 6.79 Å². The maximum Gasteiger partial charge on any atom is 0.331 e. The van der Waals surface area contributed by atoms with Gasteiger partial charge in [0.1, 0.15) is 6.61 Å². The van der Waals surface area contributed by atoms with Gasteiger partial charge in [-0.1, -0.05) is 41.4 Å². The molecule has 0 atom stereocenters. The summed E-state index contributed by atoms with van der Waals surface area (Å²) in [5.41, 5.74) is 2.86. The van der Waals surface area contributed by atoms with Gasteiger partial charge in [0, 0.05) is 6.08 Å². The number of benzene rings is 2. The Bertz CT molecular complexity index is 750. The highest BCUT2D eigenvalue weighted by atomic mass is 35.5. The molecule has 0 aliphatic carbocycles. The molecule has 23 heavy (non-hydrogen) atoms. The standard InChI is InChI=1S/C18H15ClO4/c1-12-2-4-13(5-3-12)6-7-17(20)21-10-14-8-15(19)18-16(9-14)22-11-23-18/h2-9H,10-11H2,1H3/b7-6+. The summed E-state index contributed by atoms with van der Waals surface area (Å²) in [5.74, 6) is 0.680. The van der Waals surface area contributed by atoms with Gasteiger partial charge in [-0.2, -0.15) is 0 Å². The van der Waals surface area contributed by atoms with E-state index in [0.29, 0.717) is 16.5 Å². The topological polar surface area (TPSA) is 44.8 Å². The Labute approximate surface area is 139 Å². The molecule has 0 unspecified atom stereocenters. The molecular weight excluding hydrogens is 316 g/mol. The molecule has 1 aliphatic rings. The van der Waals surface area contributed by atoms with E-state index in [2.05, 4.69) is 0 Å². The quantitative estimate of drug-likeness (QED) is 0.624. The van der Waals surface area contributed by atoms with Crippen molar-refractivity contribution in [3.63, 3.8) is 0 Å². The van der Waals surface area contributed by atoms with Crippen molar-refractivity contribution < 1.29 is 19.0 Å². The summed E-state index contributed by atoms with van der Waals surface area (Å²) in [5, 5.41) is 0.446. The molecule has 1 heterocycles. The molecule has 0 bridgehead atoms. The van der Waals surface area contributed by atoms with E-state index >= 15 is 0 Å². The van der Waals surface area contributed by atoms with E-state index in [1.54, 1.807) is 18.2 Å². The fourth-order valence-corrected chi connectivity index (χ4v) is 2.44. The Morgan fingerprint density at radius 3 is 2.83 bits per heavy atom. The lowest BCUT2D eigenvalue weighted by Gasteiger charge is -2.05.